The quantitative estimate of drug-likeness (QED) is 0.592. The third kappa shape index (κ3) is 4.07. The summed E-state index contributed by atoms with van der Waals surface area (Å²) in [6, 6.07) is 4.76. The van der Waals surface area contributed by atoms with Gasteiger partial charge in [0.1, 0.15) is 5.82 Å². The molecule has 1 aromatic carbocycles. The highest BCUT2D eigenvalue weighted by atomic mass is 32.2. The summed E-state index contributed by atoms with van der Waals surface area (Å²) in [5.74, 6) is 1.15. The predicted molar refractivity (Wildman–Crippen MR) is 102 cm³/mol. The summed E-state index contributed by atoms with van der Waals surface area (Å²) in [5, 5.41) is 9.77. The second-order valence-electron chi connectivity index (χ2n) is 7.04. The number of aliphatic hydroxyl groups is 1. The van der Waals surface area contributed by atoms with Crippen LogP contribution in [-0.4, -0.2) is 45.0 Å². The van der Waals surface area contributed by atoms with E-state index in [0.29, 0.717) is 22.9 Å². The number of rotatable bonds is 5. The number of fused-ring (bicyclic) bond motifs is 1. The molecule has 9 nitrogen and oxygen atoms in total. The van der Waals surface area contributed by atoms with E-state index in [2.05, 4.69) is 19.7 Å². The summed E-state index contributed by atoms with van der Waals surface area (Å²) < 4.78 is 29.1. The van der Waals surface area contributed by atoms with Crippen LogP contribution in [0.3, 0.4) is 0 Å². The van der Waals surface area contributed by atoms with Gasteiger partial charge in [0.25, 0.3) is 0 Å². The van der Waals surface area contributed by atoms with Crippen LogP contribution in [0, 0.1) is 13.8 Å². The molecule has 0 bridgehead atoms. The normalized spacial score (nSPS) is 12.6. The van der Waals surface area contributed by atoms with Crippen LogP contribution in [0.25, 0.3) is 17.0 Å². The van der Waals surface area contributed by atoms with Crippen LogP contribution in [0.2, 0.25) is 0 Å². The molecule has 0 aliphatic carbocycles. The van der Waals surface area contributed by atoms with Crippen molar-refractivity contribution in [1.82, 2.24) is 24.1 Å². The minimum Gasteiger partial charge on any atom is -0.389 e. The molecule has 2 heterocycles. The molecule has 0 fully saturated rings. The first-order chi connectivity index (χ1) is 12.5. The van der Waals surface area contributed by atoms with E-state index < -0.39 is 15.6 Å². The zero-order valence-electron chi connectivity index (χ0n) is 15.6. The number of aromatic nitrogens is 4. The van der Waals surface area contributed by atoms with Crippen molar-refractivity contribution in [2.45, 2.75) is 38.2 Å². The van der Waals surface area contributed by atoms with Gasteiger partial charge in [0.2, 0.25) is 21.7 Å². The smallest absolute Gasteiger partial charge is 0.240 e. The summed E-state index contributed by atoms with van der Waals surface area (Å²) in [4.78, 5) is 12.9. The van der Waals surface area contributed by atoms with E-state index >= 15 is 0 Å². The summed E-state index contributed by atoms with van der Waals surface area (Å²) in [7, 11) is -3.78. The van der Waals surface area contributed by atoms with Crippen LogP contribution in [-0.2, 0) is 10.0 Å². The van der Waals surface area contributed by atoms with Gasteiger partial charge in [-0.25, -0.2) is 18.1 Å². The van der Waals surface area contributed by atoms with Crippen LogP contribution < -0.4 is 10.5 Å². The Kier molecular flexibility index (Phi) is 4.66. The highest BCUT2D eigenvalue weighted by molar-refractivity contribution is 7.89. The standard InChI is InChI=1S/C17H22N6O3S/c1-10-5-6-12(27(25,26)19-9-17(3,4)24)7-13(10)14-8-23-15(18)20-11(2)21-16(23)22-14/h5-8,19,24H,9H2,1-4H3,(H2,18,20,21,22). The molecule has 0 saturated heterocycles. The number of nitrogen functional groups attached to an aromatic ring is 1. The predicted octanol–water partition coefficient (Wildman–Crippen LogP) is 1.04. The van der Waals surface area contributed by atoms with E-state index in [0.717, 1.165) is 5.56 Å². The lowest BCUT2D eigenvalue weighted by atomic mass is 10.1. The molecule has 3 rings (SSSR count). The van der Waals surface area contributed by atoms with E-state index in [4.69, 9.17) is 5.73 Å². The van der Waals surface area contributed by atoms with Crippen molar-refractivity contribution >= 4 is 21.7 Å². The van der Waals surface area contributed by atoms with Crippen molar-refractivity contribution in [3.8, 4) is 11.3 Å². The average molecular weight is 390 g/mol. The van der Waals surface area contributed by atoms with Crippen LogP contribution in [0.1, 0.15) is 25.2 Å². The van der Waals surface area contributed by atoms with Crippen molar-refractivity contribution in [1.29, 1.82) is 0 Å². The number of nitrogens with one attached hydrogen (secondary N) is 1. The minimum absolute atomic E-state index is 0.0830. The van der Waals surface area contributed by atoms with Gasteiger partial charge in [-0.05, 0) is 45.4 Å². The van der Waals surface area contributed by atoms with Crippen LogP contribution in [0.15, 0.2) is 29.3 Å². The molecule has 0 atom stereocenters. The first-order valence-electron chi connectivity index (χ1n) is 8.28. The largest absolute Gasteiger partial charge is 0.389 e. The highest BCUT2D eigenvalue weighted by Gasteiger charge is 2.21. The van der Waals surface area contributed by atoms with Gasteiger partial charge < -0.3 is 10.8 Å². The van der Waals surface area contributed by atoms with Gasteiger partial charge in [-0.3, -0.25) is 4.40 Å². The number of hydrogen-bond donors (Lipinski definition) is 3. The molecule has 0 aliphatic rings. The highest BCUT2D eigenvalue weighted by Crippen LogP contribution is 2.26. The monoisotopic (exact) mass is 390 g/mol. The van der Waals surface area contributed by atoms with Crippen LogP contribution in [0.5, 0.6) is 0 Å². The Hall–Kier alpha value is -2.56. The van der Waals surface area contributed by atoms with Crippen molar-refractivity contribution in [3.63, 3.8) is 0 Å². The first-order valence-corrected chi connectivity index (χ1v) is 9.77. The van der Waals surface area contributed by atoms with Gasteiger partial charge in [0.15, 0.2) is 0 Å². The van der Waals surface area contributed by atoms with Crippen molar-refractivity contribution < 1.29 is 13.5 Å². The second kappa shape index (κ2) is 6.55. The Morgan fingerprint density at radius 3 is 2.59 bits per heavy atom. The molecular weight excluding hydrogens is 368 g/mol. The van der Waals surface area contributed by atoms with E-state index in [1.165, 1.54) is 19.9 Å². The topological polar surface area (TPSA) is 136 Å². The number of benzene rings is 1. The third-order valence-electron chi connectivity index (χ3n) is 3.96. The molecule has 144 valence electrons. The van der Waals surface area contributed by atoms with Gasteiger partial charge in [-0.1, -0.05) is 6.07 Å². The molecule has 0 amide bonds. The summed E-state index contributed by atoms with van der Waals surface area (Å²) in [6.45, 7) is 6.54. The van der Waals surface area contributed by atoms with Gasteiger partial charge in [-0.15, -0.1) is 0 Å². The van der Waals surface area contributed by atoms with E-state index in [9.17, 15) is 13.5 Å². The molecule has 27 heavy (non-hydrogen) atoms. The average Bonchev–Trinajstić information content (AvgIpc) is 2.96. The SMILES string of the molecule is Cc1nc(N)n2cc(-c3cc(S(=O)(=O)NCC(C)(C)O)ccc3C)nc2n1. The first kappa shape index (κ1) is 19.2. The van der Waals surface area contributed by atoms with E-state index in [-0.39, 0.29) is 17.4 Å². The summed E-state index contributed by atoms with van der Waals surface area (Å²) >= 11 is 0. The van der Waals surface area contributed by atoms with E-state index in [1.54, 1.807) is 29.7 Å². The number of nitrogens with two attached hydrogens (primary N) is 1. The number of hydrogen-bond acceptors (Lipinski definition) is 7. The van der Waals surface area contributed by atoms with Gasteiger partial charge in [0.05, 0.1) is 16.2 Å². The van der Waals surface area contributed by atoms with Gasteiger partial charge >= 0.3 is 0 Å². The maximum atomic E-state index is 12.6. The number of sulfonamides is 1. The van der Waals surface area contributed by atoms with E-state index in [1.807, 2.05) is 6.92 Å². The van der Waals surface area contributed by atoms with Gasteiger partial charge in [-0.2, -0.15) is 9.97 Å². The van der Waals surface area contributed by atoms with Crippen molar-refractivity contribution in [2.75, 3.05) is 12.3 Å². The molecule has 2 aromatic heterocycles. The molecule has 0 aliphatic heterocycles. The molecular formula is C17H22N6O3S. The molecule has 0 unspecified atom stereocenters. The molecule has 10 heteroatoms. The Bertz CT molecular complexity index is 1120. The number of nitrogens with zero attached hydrogens (tertiary/aromatic N) is 4. The molecule has 0 radical (unpaired) electrons. The summed E-state index contributed by atoms with van der Waals surface area (Å²) in [6.07, 6.45) is 1.67. The van der Waals surface area contributed by atoms with Crippen molar-refractivity contribution in [3.05, 3.63) is 35.8 Å². The Balaban J connectivity index is 2.05. The lowest BCUT2D eigenvalue weighted by molar-refractivity contribution is 0.0857. The molecule has 3 aromatic rings. The fourth-order valence-electron chi connectivity index (χ4n) is 2.54. The maximum Gasteiger partial charge on any atom is 0.240 e. The van der Waals surface area contributed by atoms with Crippen molar-refractivity contribution in [2.24, 2.45) is 0 Å². The zero-order valence-corrected chi connectivity index (χ0v) is 16.4. The number of imidazole rings is 1. The number of anilines is 1. The Labute approximate surface area is 157 Å². The van der Waals surface area contributed by atoms with Gasteiger partial charge in [0, 0.05) is 18.3 Å². The fraction of sp³-hybridized carbons (Fsp3) is 0.353. The Morgan fingerprint density at radius 2 is 1.93 bits per heavy atom. The molecule has 0 spiro atoms. The fourth-order valence-corrected chi connectivity index (χ4v) is 3.77. The summed E-state index contributed by atoms with van der Waals surface area (Å²) in [5.41, 5.74) is 6.78. The zero-order chi connectivity index (χ0) is 20.0. The minimum atomic E-state index is -3.78. The third-order valence-corrected chi connectivity index (χ3v) is 5.36. The van der Waals surface area contributed by atoms with Crippen LogP contribution in [0.4, 0.5) is 5.95 Å². The Morgan fingerprint density at radius 1 is 1.22 bits per heavy atom. The number of aryl methyl sites for hydroxylation is 2. The second-order valence-corrected chi connectivity index (χ2v) is 8.81. The maximum absolute atomic E-state index is 12.6. The molecule has 4 N–H and O–H groups in total. The lowest BCUT2D eigenvalue weighted by Gasteiger charge is -2.18. The van der Waals surface area contributed by atoms with Crippen LogP contribution >= 0.6 is 0 Å². The lowest BCUT2D eigenvalue weighted by Crippen LogP contribution is -2.38. The molecule has 0 saturated carbocycles.